The number of hydrogen-bond donors (Lipinski definition) is 4. The van der Waals surface area contributed by atoms with E-state index in [0.717, 1.165) is 0 Å². The van der Waals surface area contributed by atoms with Crippen molar-refractivity contribution in [2.45, 2.75) is 24.5 Å². The van der Waals surface area contributed by atoms with Gasteiger partial charge in [-0.15, -0.1) is 0 Å². The van der Waals surface area contributed by atoms with Gasteiger partial charge in [-0.2, -0.15) is 4.98 Å². The highest BCUT2D eigenvalue weighted by Gasteiger charge is 2.44. The number of rotatable bonds is 2. The number of aliphatic hydroxyl groups excluding tert-OH is 3. The quantitative estimate of drug-likeness (QED) is 0.490. The molecule has 1 fully saturated rings. The first kappa shape index (κ1) is 13.5. The Morgan fingerprint density at radius 1 is 1.45 bits per heavy atom. The Morgan fingerprint density at radius 2 is 2.20 bits per heavy atom. The summed E-state index contributed by atoms with van der Waals surface area (Å²) in [7, 11) is 0. The Morgan fingerprint density at radius 3 is 2.85 bits per heavy atom. The summed E-state index contributed by atoms with van der Waals surface area (Å²) in [5.41, 5.74) is -0.311. The van der Waals surface area contributed by atoms with Crippen molar-refractivity contribution in [1.82, 2.24) is 19.5 Å². The van der Waals surface area contributed by atoms with Gasteiger partial charge in [-0.05, 0) is 0 Å². The van der Waals surface area contributed by atoms with Gasteiger partial charge in [-0.25, -0.2) is 9.78 Å². The van der Waals surface area contributed by atoms with Crippen LogP contribution in [0.4, 0.5) is 0 Å². The molecule has 0 bridgehead atoms. The van der Waals surface area contributed by atoms with Gasteiger partial charge in [-0.1, -0.05) is 11.6 Å². The second-order valence-electron chi connectivity index (χ2n) is 4.41. The van der Waals surface area contributed by atoms with Crippen molar-refractivity contribution in [3.05, 3.63) is 22.0 Å². The van der Waals surface area contributed by atoms with Crippen molar-refractivity contribution in [3.8, 4) is 0 Å². The second kappa shape index (κ2) is 4.79. The van der Waals surface area contributed by atoms with Crippen molar-refractivity contribution < 1.29 is 20.1 Å². The first-order valence-corrected chi connectivity index (χ1v) is 6.15. The lowest BCUT2D eigenvalue weighted by atomic mass is 10.1. The van der Waals surface area contributed by atoms with E-state index in [2.05, 4.69) is 15.0 Å². The molecule has 20 heavy (non-hydrogen) atoms. The van der Waals surface area contributed by atoms with Crippen LogP contribution in [0.15, 0.2) is 11.1 Å². The van der Waals surface area contributed by atoms with Crippen LogP contribution in [0.2, 0.25) is 5.15 Å². The molecule has 2 aromatic rings. The van der Waals surface area contributed by atoms with Gasteiger partial charge in [0.1, 0.15) is 29.0 Å². The molecule has 4 atom stereocenters. The largest absolute Gasteiger partial charge is 0.394 e. The number of aromatic nitrogens is 4. The lowest BCUT2D eigenvalue weighted by Crippen LogP contribution is -2.33. The van der Waals surface area contributed by atoms with E-state index in [9.17, 15) is 15.0 Å². The number of aromatic amines is 1. The predicted molar refractivity (Wildman–Crippen MR) is 66.2 cm³/mol. The maximum Gasteiger partial charge on any atom is 0.348 e. The van der Waals surface area contributed by atoms with E-state index < -0.39 is 36.8 Å². The number of nitrogens with one attached hydrogen (secondary N) is 1. The highest BCUT2D eigenvalue weighted by molar-refractivity contribution is 6.33. The molecular formula is C10H11ClN4O5. The normalized spacial score (nSPS) is 30.2. The number of fused-ring (bicyclic) bond motifs is 1. The second-order valence-corrected chi connectivity index (χ2v) is 4.79. The van der Waals surface area contributed by atoms with Crippen molar-refractivity contribution in [2.75, 3.05) is 6.61 Å². The highest BCUT2D eigenvalue weighted by atomic mass is 35.5. The first-order valence-electron chi connectivity index (χ1n) is 5.77. The summed E-state index contributed by atoms with van der Waals surface area (Å²) >= 11 is 5.84. The number of hydrogen-bond acceptors (Lipinski definition) is 7. The van der Waals surface area contributed by atoms with E-state index in [0.29, 0.717) is 0 Å². The monoisotopic (exact) mass is 302 g/mol. The van der Waals surface area contributed by atoms with Crippen molar-refractivity contribution in [3.63, 3.8) is 0 Å². The maximum absolute atomic E-state index is 11.4. The molecule has 3 rings (SSSR count). The molecule has 0 amide bonds. The number of aliphatic hydroxyl groups is 3. The van der Waals surface area contributed by atoms with E-state index in [1.54, 1.807) is 0 Å². The predicted octanol–water partition coefficient (Wildman–Crippen LogP) is -1.62. The van der Waals surface area contributed by atoms with Crippen molar-refractivity contribution >= 4 is 22.8 Å². The third-order valence-electron chi connectivity index (χ3n) is 3.19. The Labute approximate surface area is 116 Å². The molecule has 4 N–H and O–H groups in total. The number of ether oxygens (including phenoxy) is 1. The minimum Gasteiger partial charge on any atom is -0.394 e. The molecule has 0 radical (unpaired) electrons. The standard InChI is InChI=1S/C10H11ClN4O5/c11-7-4-8(14-10(19)13-7)15(2-12-4)9-6(18)5(17)3(1-16)20-9/h2-3,5-6,9,16-18H,1H2,(H,13,14,19)/t3-,5-,6-,9?/m1/s1. The maximum atomic E-state index is 11.4. The molecule has 1 aliphatic rings. The molecule has 1 unspecified atom stereocenters. The number of nitrogens with zero attached hydrogens (tertiary/aromatic N) is 3. The number of imidazole rings is 1. The molecule has 0 aromatic carbocycles. The van der Waals surface area contributed by atoms with Crippen LogP contribution in [0, 0.1) is 0 Å². The molecule has 10 heteroatoms. The minimum absolute atomic E-state index is 0.0190. The van der Waals surface area contributed by atoms with Gasteiger partial charge in [-0.3, -0.25) is 9.55 Å². The number of H-pyrrole nitrogens is 1. The molecule has 0 aliphatic carbocycles. The van der Waals surface area contributed by atoms with E-state index in [4.69, 9.17) is 21.4 Å². The Balaban J connectivity index is 2.09. The zero-order chi connectivity index (χ0) is 14.4. The van der Waals surface area contributed by atoms with E-state index in [-0.39, 0.29) is 16.3 Å². The van der Waals surface area contributed by atoms with Gasteiger partial charge < -0.3 is 20.1 Å². The fourth-order valence-corrected chi connectivity index (χ4v) is 2.41. The van der Waals surface area contributed by atoms with Gasteiger partial charge in [0, 0.05) is 0 Å². The zero-order valence-corrected chi connectivity index (χ0v) is 10.7. The first-order chi connectivity index (χ1) is 9.52. The fourth-order valence-electron chi connectivity index (χ4n) is 2.19. The lowest BCUT2D eigenvalue weighted by Gasteiger charge is -2.16. The average Bonchev–Trinajstić information content (AvgIpc) is 2.93. The molecule has 0 saturated carbocycles. The van der Waals surface area contributed by atoms with Gasteiger partial charge in [0.25, 0.3) is 0 Å². The van der Waals surface area contributed by atoms with Crippen molar-refractivity contribution in [2.24, 2.45) is 0 Å². The van der Waals surface area contributed by atoms with Crippen LogP contribution < -0.4 is 5.69 Å². The summed E-state index contributed by atoms with van der Waals surface area (Å²) in [6.07, 6.45) is -3.19. The van der Waals surface area contributed by atoms with Crippen LogP contribution in [-0.2, 0) is 4.74 Å². The SMILES string of the molecule is O=c1nc2c(ncn2C2O[C@H](CO)[C@@H](O)[C@H]2O)c(Cl)[nH]1. The average molecular weight is 303 g/mol. The number of halogens is 1. The smallest absolute Gasteiger partial charge is 0.348 e. The van der Waals surface area contributed by atoms with Crippen LogP contribution in [0.3, 0.4) is 0 Å². The Bertz CT molecular complexity index is 701. The van der Waals surface area contributed by atoms with Crippen LogP contribution in [0.5, 0.6) is 0 Å². The van der Waals surface area contributed by atoms with E-state index >= 15 is 0 Å². The Hall–Kier alpha value is -1.52. The molecule has 108 valence electrons. The molecule has 9 nitrogen and oxygen atoms in total. The Kier molecular flexibility index (Phi) is 3.22. The topological polar surface area (TPSA) is 133 Å². The third kappa shape index (κ3) is 1.91. The van der Waals surface area contributed by atoms with Gasteiger partial charge in [0.15, 0.2) is 11.9 Å². The van der Waals surface area contributed by atoms with Crippen LogP contribution in [-0.4, -0.2) is 59.8 Å². The van der Waals surface area contributed by atoms with Crippen molar-refractivity contribution in [1.29, 1.82) is 0 Å². The van der Waals surface area contributed by atoms with E-state index in [1.165, 1.54) is 10.9 Å². The molecule has 1 saturated heterocycles. The third-order valence-corrected chi connectivity index (χ3v) is 3.46. The highest BCUT2D eigenvalue weighted by Crippen LogP contribution is 2.31. The molecule has 2 aromatic heterocycles. The zero-order valence-electron chi connectivity index (χ0n) is 9.97. The molecule has 3 heterocycles. The molecular weight excluding hydrogens is 292 g/mol. The molecule has 1 aliphatic heterocycles. The molecule has 0 spiro atoms. The summed E-state index contributed by atoms with van der Waals surface area (Å²) in [4.78, 5) is 21.3. The van der Waals surface area contributed by atoms with Crippen LogP contribution in [0.25, 0.3) is 11.2 Å². The summed E-state index contributed by atoms with van der Waals surface area (Å²) in [5, 5.41) is 28.7. The van der Waals surface area contributed by atoms with Gasteiger partial charge in [0.05, 0.1) is 12.9 Å². The van der Waals surface area contributed by atoms with Crippen LogP contribution >= 0.6 is 11.6 Å². The van der Waals surface area contributed by atoms with Gasteiger partial charge in [0.2, 0.25) is 0 Å². The summed E-state index contributed by atoms with van der Waals surface area (Å²) < 4.78 is 6.64. The summed E-state index contributed by atoms with van der Waals surface area (Å²) in [5.74, 6) is 0. The lowest BCUT2D eigenvalue weighted by molar-refractivity contribution is -0.0511. The fraction of sp³-hybridized carbons (Fsp3) is 0.500. The summed E-state index contributed by atoms with van der Waals surface area (Å²) in [6.45, 7) is -0.448. The van der Waals surface area contributed by atoms with E-state index in [1.807, 2.05) is 0 Å². The van der Waals surface area contributed by atoms with Crippen LogP contribution in [0.1, 0.15) is 6.23 Å². The summed E-state index contributed by atoms with van der Waals surface area (Å²) in [6, 6.07) is 0. The minimum atomic E-state index is -1.29. The van der Waals surface area contributed by atoms with Gasteiger partial charge >= 0.3 is 5.69 Å².